The first kappa shape index (κ1) is 16.6. The molecular formula is C15H18N4O4. The number of benzene rings is 1. The van der Waals surface area contributed by atoms with E-state index in [4.69, 9.17) is 0 Å². The number of non-ortho nitro benzene ring substituents is 1. The number of hydrazone groups is 1. The molecule has 0 spiro atoms. The van der Waals surface area contributed by atoms with Crippen molar-refractivity contribution in [2.24, 2.45) is 16.9 Å². The highest BCUT2D eigenvalue weighted by molar-refractivity contribution is 5.69. The zero-order chi connectivity index (χ0) is 16.8. The average molecular weight is 318 g/mol. The summed E-state index contributed by atoms with van der Waals surface area (Å²) in [5.74, 6) is 1.01. The number of rotatable bonds is 9. The minimum absolute atomic E-state index is 0.140. The van der Waals surface area contributed by atoms with Crippen LogP contribution in [0.4, 0.5) is 17.1 Å². The van der Waals surface area contributed by atoms with Crippen LogP contribution in [0.1, 0.15) is 25.7 Å². The van der Waals surface area contributed by atoms with Gasteiger partial charge >= 0.3 is 5.69 Å². The van der Waals surface area contributed by atoms with E-state index in [0.717, 1.165) is 31.7 Å². The fraction of sp³-hybridized carbons (Fsp3) is 0.400. The fourth-order valence-electron chi connectivity index (χ4n) is 2.39. The number of hydrogen-bond donors (Lipinski definition) is 1. The van der Waals surface area contributed by atoms with Crippen molar-refractivity contribution in [1.29, 1.82) is 0 Å². The molecule has 1 N–H and O–H groups in total. The molecule has 8 nitrogen and oxygen atoms in total. The van der Waals surface area contributed by atoms with E-state index in [9.17, 15) is 20.2 Å². The van der Waals surface area contributed by atoms with Crippen LogP contribution in [0.25, 0.3) is 0 Å². The van der Waals surface area contributed by atoms with Gasteiger partial charge in [0.05, 0.1) is 15.9 Å². The summed E-state index contributed by atoms with van der Waals surface area (Å²) in [5, 5.41) is 25.7. The van der Waals surface area contributed by atoms with E-state index in [2.05, 4.69) is 17.1 Å². The maximum Gasteiger partial charge on any atom is 0.301 e. The smallest absolute Gasteiger partial charge is 0.272 e. The van der Waals surface area contributed by atoms with E-state index in [1.165, 1.54) is 12.1 Å². The summed E-state index contributed by atoms with van der Waals surface area (Å²) in [6, 6.07) is 3.43. The Labute approximate surface area is 133 Å². The molecule has 0 heterocycles. The quantitative estimate of drug-likeness (QED) is 0.244. The highest BCUT2D eigenvalue weighted by Gasteiger charge is 2.34. The molecule has 0 saturated heterocycles. The zero-order valence-corrected chi connectivity index (χ0v) is 12.6. The normalized spacial score (nSPS) is 19.5. The van der Waals surface area contributed by atoms with Gasteiger partial charge in [-0.1, -0.05) is 6.08 Å². The highest BCUT2D eigenvalue weighted by atomic mass is 16.6. The predicted octanol–water partition coefficient (Wildman–Crippen LogP) is 3.89. The van der Waals surface area contributed by atoms with Crippen molar-refractivity contribution >= 4 is 23.3 Å². The fourth-order valence-corrected chi connectivity index (χ4v) is 2.39. The van der Waals surface area contributed by atoms with Crippen molar-refractivity contribution in [3.05, 3.63) is 51.1 Å². The third kappa shape index (κ3) is 4.60. The molecule has 2 atom stereocenters. The Morgan fingerprint density at radius 2 is 2.13 bits per heavy atom. The molecule has 1 aromatic carbocycles. The molecular weight excluding hydrogens is 300 g/mol. The number of nitrogens with one attached hydrogen (secondary N) is 1. The lowest BCUT2D eigenvalue weighted by Gasteiger charge is -2.01. The Hall–Kier alpha value is -2.77. The van der Waals surface area contributed by atoms with Gasteiger partial charge in [-0.05, 0) is 43.6 Å². The molecule has 1 aliphatic rings. The Morgan fingerprint density at radius 1 is 1.35 bits per heavy atom. The Kier molecular flexibility index (Phi) is 5.40. The lowest BCUT2D eigenvalue weighted by molar-refractivity contribution is -0.393. The van der Waals surface area contributed by atoms with Crippen LogP contribution in [0.15, 0.2) is 36.0 Å². The molecule has 0 aromatic heterocycles. The van der Waals surface area contributed by atoms with Gasteiger partial charge < -0.3 is 0 Å². The van der Waals surface area contributed by atoms with E-state index in [1.807, 2.05) is 6.08 Å². The number of hydrogen-bond acceptors (Lipinski definition) is 6. The Bertz CT molecular complexity index is 644. The first-order valence-electron chi connectivity index (χ1n) is 7.36. The van der Waals surface area contributed by atoms with Crippen molar-refractivity contribution in [3.63, 3.8) is 0 Å². The van der Waals surface area contributed by atoms with Gasteiger partial charge in [0.1, 0.15) is 5.69 Å². The third-order valence-electron chi connectivity index (χ3n) is 3.80. The van der Waals surface area contributed by atoms with Gasteiger partial charge in [-0.3, -0.25) is 25.7 Å². The van der Waals surface area contributed by atoms with E-state index >= 15 is 0 Å². The molecule has 0 amide bonds. The predicted molar refractivity (Wildman–Crippen MR) is 87.5 cm³/mol. The van der Waals surface area contributed by atoms with Crippen molar-refractivity contribution in [2.75, 3.05) is 5.43 Å². The lowest BCUT2D eigenvalue weighted by atomic mass is 10.1. The minimum Gasteiger partial charge on any atom is -0.272 e. The molecule has 2 rings (SSSR count). The van der Waals surface area contributed by atoms with Gasteiger partial charge in [0.15, 0.2) is 0 Å². The van der Waals surface area contributed by atoms with Gasteiger partial charge in [0.2, 0.25) is 0 Å². The third-order valence-corrected chi connectivity index (χ3v) is 3.80. The number of nitrogens with zero attached hydrogens (tertiary/aromatic N) is 3. The summed E-state index contributed by atoms with van der Waals surface area (Å²) in [6.07, 6.45) is 7.98. The number of anilines is 1. The second-order valence-electron chi connectivity index (χ2n) is 5.48. The minimum atomic E-state index is -0.669. The highest BCUT2D eigenvalue weighted by Crippen LogP contribution is 2.41. The molecule has 23 heavy (non-hydrogen) atoms. The van der Waals surface area contributed by atoms with Crippen LogP contribution in [0.5, 0.6) is 0 Å². The number of nitro benzene ring substituents is 2. The van der Waals surface area contributed by atoms with Gasteiger partial charge in [-0.15, -0.1) is 6.58 Å². The van der Waals surface area contributed by atoms with Crippen LogP contribution in [0.3, 0.4) is 0 Å². The molecule has 0 bridgehead atoms. The number of nitro groups is 2. The van der Waals surface area contributed by atoms with Crippen molar-refractivity contribution in [1.82, 2.24) is 0 Å². The summed E-state index contributed by atoms with van der Waals surface area (Å²) in [7, 11) is 0. The first-order chi connectivity index (χ1) is 11.0. The van der Waals surface area contributed by atoms with Crippen LogP contribution in [-0.4, -0.2) is 16.1 Å². The molecule has 8 heteroatoms. The summed E-state index contributed by atoms with van der Waals surface area (Å²) in [5.41, 5.74) is 2.06. The van der Waals surface area contributed by atoms with Crippen molar-refractivity contribution in [3.8, 4) is 0 Å². The van der Waals surface area contributed by atoms with Crippen LogP contribution in [-0.2, 0) is 0 Å². The largest absolute Gasteiger partial charge is 0.301 e. The van der Waals surface area contributed by atoms with Crippen LogP contribution in [0, 0.1) is 32.1 Å². The van der Waals surface area contributed by atoms with Crippen LogP contribution in [0.2, 0.25) is 0 Å². The molecule has 0 radical (unpaired) electrons. The molecule has 1 fully saturated rings. The average Bonchev–Trinajstić information content (AvgIpc) is 3.25. The molecule has 122 valence electrons. The molecule has 0 aliphatic heterocycles. The van der Waals surface area contributed by atoms with Gasteiger partial charge in [0, 0.05) is 12.3 Å². The van der Waals surface area contributed by atoms with E-state index < -0.39 is 9.85 Å². The SMILES string of the molecule is C=CCCC[C@H]1C[C@@H]1/C=N\Nc1ccc([N+](=O)[O-])cc1[N+](=O)[O-]. The molecule has 1 aromatic rings. The van der Waals surface area contributed by atoms with Gasteiger partial charge in [-0.2, -0.15) is 5.10 Å². The second-order valence-corrected chi connectivity index (χ2v) is 5.48. The summed E-state index contributed by atoms with van der Waals surface area (Å²) >= 11 is 0. The molecule has 1 saturated carbocycles. The van der Waals surface area contributed by atoms with Crippen molar-refractivity contribution in [2.45, 2.75) is 25.7 Å². The maximum atomic E-state index is 11.0. The number of allylic oxidation sites excluding steroid dienone is 1. The van der Waals surface area contributed by atoms with E-state index in [1.54, 1.807) is 6.21 Å². The van der Waals surface area contributed by atoms with E-state index in [0.29, 0.717) is 11.8 Å². The van der Waals surface area contributed by atoms with Gasteiger partial charge in [-0.25, -0.2) is 0 Å². The standard InChI is InChI=1S/C15H18N4O4/c1-2-3-4-5-11-8-12(11)10-16-17-14-7-6-13(18(20)21)9-15(14)19(22)23/h2,6-7,9-12,17H,1,3-5,8H2/b16-10-/t11-,12+/m0/s1. The molecule has 1 aliphatic carbocycles. The van der Waals surface area contributed by atoms with Crippen molar-refractivity contribution < 1.29 is 9.85 Å². The summed E-state index contributed by atoms with van der Waals surface area (Å²) in [6.45, 7) is 3.69. The maximum absolute atomic E-state index is 11.0. The first-order valence-corrected chi connectivity index (χ1v) is 7.36. The molecule has 0 unspecified atom stereocenters. The second kappa shape index (κ2) is 7.48. The Balaban J connectivity index is 1.93. The summed E-state index contributed by atoms with van der Waals surface area (Å²) < 4.78 is 0. The zero-order valence-electron chi connectivity index (χ0n) is 12.6. The van der Waals surface area contributed by atoms with Gasteiger partial charge in [0.25, 0.3) is 5.69 Å². The monoisotopic (exact) mass is 318 g/mol. The van der Waals surface area contributed by atoms with E-state index in [-0.39, 0.29) is 17.1 Å². The lowest BCUT2D eigenvalue weighted by Crippen LogP contribution is -1.99. The summed E-state index contributed by atoms with van der Waals surface area (Å²) in [4.78, 5) is 20.3. The number of unbranched alkanes of at least 4 members (excludes halogenated alkanes) is 1. The topological polar surface area (TPSA) is 111 Å². The van der Waals surface area contributed by atoms with Crippen LogP contribution >= 0.6 is 0 Å². The Morgan fingerprint density at radius 3 is 2.78 bits per heavy atom. The van der Waals surface area contributed by atoms with Crippen LogP contribution < -0.4 is 5.43 Å².